The average Bonchev–Trinajstić information content (AvgIpc) is 2.76. The molecule has 2 N–H and O–H groups in total. The highest BCUT2D eigenvalue weighted by Crippen LogP contribution is 2.36. The zero-order chi connectivity index (χ0) is 24.0. The van der Waals surface area contributed by atoms with Crippen molar-refractivity contribution in [1.29, 1.82) is 0 Å². The summed E-state index contributed by atoms with van der Waals surface area (Å²) in [5, 5.41) is 4.80. The zero-order valence-corrected chi connectivity index (χ0v) is 18.3. The van der Waals surface area contributed by atoms with Crippen LogP contribution in [0.5, 0.6) is 0 Å². The van der Waals surface area contributed by atoms with Crippen molar-refractivity contribution >= 4 is 34.8 Å². The summed E-state index contributed by atoms with van der Waals surface area (Å²) in [6.45, 7) is -0.244. The van der Waals surface area contributed by atoms with Gasteiger partial charge in [-0.1, -0.05) is 60.1 Å². The summed E-state index contributed by atoms with van der Waals surface area (Å²) in [6, 6.07) is 20.1. The van der Waals surface area contributed by atoms with Crippen LogP contribution in [-0.4, -0.2) is 30.3 Å². The number of halogens is 4. The van der Waals surface area contributed by atoms with Gasteiger partial charge in [-0.25, -0.2) is 0 Å². The number of rotatable bonds is 7. The van der Waals surface area contributed by atoms with Crippen molar-refractivity contribution in [2.75, 3.05) is 24.2 Å². The molecule has 2 amide bonds. The third-order valence-electron chi connectivity index (χ3n) is 4.79. The van der Waals surface area contributed by atoms with E-state index in [-0.39, 0.29) is 18.1 Å². The average molecular weight is 476 g/mol. The van der Waals surface area contributed by atoms with Crippen LogP contribution in [0.1, 0.15) is 17.2 Å². The number of likely N-dealkylation sites (N-methyl/N-ethyl adjacent to an activating group) is 1. The molecule has 1 unspecified atom stereocenters. The SMILES string of the molecule is CN(CC(=O)Nc1ccc(Cl)c(C(F)(F)F)c1)C(C(=O)Nc1ccccc1)c1ccccc1. The summed E-state index contributed by atoms with van der Waals surface area (Å²) >= 11 is 5.63. The van der Waals surface area contributed by atoms with Crippen molar-refractivity contribution in [1.82, 2.24) is 4.90 Å². The van der Waals surface area contributed by atoms with Crippen molar-refractivity contribution in [2.24, 2.45) is 0 Å². The zero-order valence-electron chi connectivity index (χ0n) is 17.6. The highest BCUT2D eigenvalue weighted by atomic mass is 35.5. The first-order chi connectivity index (χ1) is 15.6. The molecule has 0 heterocycles. The number of hydrogen-bond donors (Lipinski definition) is 2. The number of carbonyl (C=O) groups excluding carboxylic acids is 2. The van der Waals surface area contributed by atoms with E-state index in [2.05, 4.69) is 10.6 Å². The van der Waals surface area contributed by atoms with Gasteiger partial charge in [0.1, 0.15) is 6.04 Å². The van der Waals surface area contributed by atoms with E-state index in [1.54, 1.807) is 61.6 Å². The number of hydrogen-bond acceptors (Lipinski definition) is 3. The summed E-state index contributed by atoms with van der Waals surface area (Å²) in [4.78, 5) is 27.2. The smallest absolute Gasteiger partial charge is 0.325 e. The Bertz CT molecular complexity index is 1110. The molecule has 0 aromatic heterocycles. The van der Waals surface area contributed by atoms with Crippen LogP contribution in [0.25, 0.3) is 0 Å². The maximum absolute atomic E-state index is 13.1. The minimum atomic E-state index is -4.65. The largest absolute Gasteiger partial charge is 0.417 e. The fourth-order valence-corrected chi connectivity index (χ4v) is 3.54. The van der Waals surface area contributed by atoms with Crippen molar-refractivity contribution in [2.45, 2.75) is 12.2 Å². The van der Waals surface area contributed by atoms with E-state index in [4.69, 9.17) is 11.6 Å². The molecule has 0 spiro atoms. The first kappa shape index (κ1) is 24.3. The van der Waals surface area contributed by atoms with Gasteiger partial charge >= 0.3 is 6.18 Å². The molecular weight excluding hydrogens is 455 g/mol. The van der Waals surface area contributed by atoms with Crippen LogP contribution in [0.4, 0.5) is 24.5 Å². The second kappa shape index (κ2) is 10.5. The molecule has 0 saturated heterocycles. The molecular formula is C24H21ClF3N3O2. The predicted molar refractivity (Wildman–Crippen MR) is 122 cm³/mol. The first-order valence-electron chi connectivity index (χ1n) is 9.93. The lowest BCUT2D eigenvalue weighted by molar-refractivity contribution is -0.137. The molecule has 3 aromatic rings. The van der Waals surface area contributed by atoms with Gasteiger partial charge in [0.15, 0.2) is 0 Å². The van der Waals surface area contributed by atoms with Gasteiger partial charge in [-0.15, -0.1) is 0 Å². The lowest BCUT2D eigenvalue weighted by Crippen LogP contribution is -2.39. The van der Waals surface area contributed by atoms with Crippen LogP contribution >= 0.6 is 11.6 Å². The Morgan fingerprint density at radius 2 is 1.52 bits per heavy atom. The topological polar surface area (TPSA) is 61.4 Å². The van der Waals surface area contributed by atoms with Crippen LogP contribution in [0, 0.1) is 0 Å². The summed E-state index contributed by atoms with van der Waals surface area (Å²) in [6.07, 6.45) is -4.65. The van der Waals surface area contributed by atoms with E-state index in [0.29, 0.717) is 11.3 Å². The lowest BCUT2D eigenvalue weighted by Gasteiger charge is -2.27. The van der Waals surface area contributed by atoms with Gasteiger partial charge in [0.2, 0.25) is 11.8 Å². The minimum Gasteiger partial charge on any atom is -0.325 e. The van der Waals surface area contributed by atoms with Crippen LogP contribution < -0.4 is 10.6 Å². The second-order valence-corrected chi connectivity index (χ2v) is 7.73. The molecule has 5 nitrogen and oxygen atoms in total. The van der Waals surface area contributed by atoms with E-state index < -0.39 is 28.7 Å². The lowest BCUT2D eigenvalue weighted by atomic mass is 10.0. The number of benzene rings is 3. The molecule has 0 bridgehead atoms. The highest BCUT2D eigenvalue weighted by Gasteiger charge is 2.33. The minimum absolute atomic E-state index is 0.0462. The van der Waals surface area contributed by atoms with E-state index in [1.807, 2.05) is 6.07 Å². The molecule has 172 valence electrons. The van der Waals surface area contributed by atoms with Crippen LogP contribution in [0.3, 0.4) is 0 Å². The van der Waals surface area contributed by atoms with E-state index in [1.165, 1.54) is 11.0 Å². The molecule has 0 aliphatic rings. The van der Waals surface area contributed by atoms with Crippen LogP contribution in [0.2, 0.25) is 5.02 Å². The van der Waals surface area contributed by atoms with Gasteiger partial charge < -0.3 is 10.6 Å². The van der Waals surface area contributed by atoms with Crippen molar-refractivity contribution in [3.8, 4) is 0 Å². The van der Waals surface area contributed by atoms with Crippen molar-refractivity contribution in [3.05, 3.63) is 95.0 Å². The Morgan fingerprint density at radius 3 is 2.12 bits per heavy atom. The summed E-state index contributed by atoms with van der Waals surface area (Å²) in [7, 11) is 1.59. The first-order valence-corrected chi connectivity index (χ1v) is 10.3. The molecule has 3 aromatic carbocycles. The van der Waals surface area contributed by atoms with Gasteiger partial charge in [0.25, 0.3) is 0 Å². The fraction of sp³-hybridized carbons (Fsp3) is 0.167. The Hall–Kier alpha value is -3.36. The third kappa shape index (κ3) is 6.57. The van der Waals surface area contributed by atoms with Crippen molar-refractivity contribution in [3.63, 3.8) is 0 Å². The Morgan fingerprint density at radius 1 is 0.909 bits per heavy atom. The van der Waals surface area contributed by atoms with Crippen LogP contribution in [0.15, 0.2) is 78.9 Å². The predicted octanol–water partition coefficient (Wildman–Crippen LogP) is 5.61. The molecule has 3 rings (SSSR count). The molecule has 33 heavy (non-hydrogen) atoms. The number of amides is 2. The standard InChI is InChI=1S/C24H21ClF3N3O2/c1-31(15-21(32)29-18-12-13-20(25)19(14-18)24(26,27)28)22(16-8-4-2-5-9-16)23(33)30-17-10-6-3-7-11-17/h2-14,22H,15H2,1H3,(H,29,32)(H,30,33). The number of nitrogens with one attached hydrogen (secondary N) is 2. The Labute approximate surface area is 194 Å². The molecule has 0 aliphatic carbocycles. The van der Waals surface area contributed by atoms with Crippen molar-refractivity contribution < 1.29 is 22.8 Å². The number of nitrogens with zero attached hydrogens (tertiary/aromatic N) is 1. The monoisotopic (exact) mass is 475 g/mol. The number of alkyl halides is 3. The van der Waals surface area contributed by atoms with E-state index in [0.717, 1.165) is 12.1 Å². The fourth-order valence-electron chi connectivity index (χ4n) is 3.31. The van der Waals surface area contributed by atoms with E-state index in [9.17, 15) is 22.8 Å². The summed E-state index contributed by atoms with van der Waals surface area (Å²) < 4.78 is 39.3. The number of carbonyl (C=O) groups is 2. The van der Waals surface area contributed by atoms with Gasteiger partial charge in [0, 0.05) is 11.4 Å². The molecule has 0 saturated carbocycles. The Balaban J connectivity index is 1.76. The molecule has 0 fully saturated rings. The van der Waals surface area contributed by atoms with Gasteiger partial charge in [-0.05, 0) is 42.9 Å². The molecule has 1 atom stereocenters. The number of anilines is 2. The van der Waals surface area contributed by atoms with Gasteiger partial charge in [-0.3, -0.25) is 14.5 Å². The quantitative estimate of drug-likeness (QED) is 0.467. The second-order valence-electron chi connectivity index (χ2n) is 7.32. The number of para-hydroxylation sites is 1. The van der Waals surface area contributed by atoms with Crippen LogP contribution in [-0.2, 0) is 15.8 Å². The highest BCUT2D eigenvalue weighted by molar-refractivity contribution is 6.31. The molecule has 0 radical (unpaired) electrons. The van der Waals surface area contributed by atoms with E-state index >= 15 is 0 Å². The normalized spacial score (nSPS) is 12.3. The third-order valence-corrected chi connectivity index (χ3v) is 5.12. The maximum atomic E-state index is 13.1. The summed E-state index contributed by atoms with van der Waals surface area (Å²) in [5.41, 5.74) is 0.170. The molecule has 0 aliphatic heterocycles. The van der Waals surface area contributed by atoms with Gasteiger partial charge in [-0.2, -0.15) is 13.2 Å². The Kier molecular flexibility index (Phi) is 7.73. The maximum Gasteiger partial charge on any atom is 0.417 e. The van der Waals surface area contributed by atoms with Gasteiger partial charge in [0.05, 0.1) is 17.1 Å². The summed E-state index contributed by atoms with van der Waals surface area (Å²) in [5.74, 6) is -0.935. The molecule has 9 heteroatoms.